The fourth-order valence-corrected chi connectivity index (χ4v) is 2.68. The fraction of sp³-hybridized carbons (Fsp3) is 0.188. The number of halogens is 6. The Kier molecular flexibility index (Phi) is 4.80. The summed E-state index contributed by atoms with van der Waals surface area (Å²) in [6.07, 6.45) is -13.0. The Hall–Kier alpha value is -2.91. The first-order valence-electron chi connectivity index (χ1n) is 6.99. The minimum atomic E-state index is -5.74. The Labute approximate surface area is 143 Å². The summed E-state index contributed by atoms with van der Waals surface area (Å²) in [6.45, 7) is 0. The molecule has 0 saturated heterocycles. The van der Waals surface area contributed by atoms with Crippen LogP contribution in [0.2, 0.25) is 0 Å². The predicted octanol–water partition coefficient (Wildman–Crippen LogP) is 4.77. The first-order valence-corrected chi connectivity index (χ1v) is 6.99. The first kappa shape index (κ1) is 19.4. The highest BCUT2D eigenvalue weighted by molar-refractivity contribution is 5.82. The standard InChI is InChI=1S/C16H12F6N2O2/c17-15(18,19)14(16(20,21)22,10-2-1-3-11(23)8-10)9-4-6-12(7-5-9)24-13(25)26/h1-8,24H,23H2,(H,25,26). The van der Waals surface area contributed by atoms with E-state index in [0.29, 0.717) is 24.3 Å². The van der Waals surface area contributed by atoms with E-state index in [0.717, 1.165) is 18.2 Å². The molecule has 0 saturated carbocycles. The number of nitrogens with one attached hydrogen (secondary N) is 1. The van der Waals surface area contributed by atoms with Crippen molar-refractivity contribution in [3.05, 3.63) is 59.7 Å². The SMILES string of the molecule is Nc1cccc(C(c2ccc(NC(=O)O)cc2)(C(F)(F)F)C(F)(F)F)c1. The van der Waals surface area contributed by atoms with E-state index in [1.165, 1.54) is 6.07 Å². The molecule has 2 rings (SSSR count). The monoisotopic (exact) mass is 378 g/mol. The summed E-state index contributed by atoms with van der Waals surface area (Å²) in [5, 5.41) is 10.4. The number of carbonyl (C=O) groups is 1. The number of alkyl halides is 6. The molecule has 0 aliphatic carbocycles. The summed E-state index contributed by atoms with van der Waals surface area (Å²) in [5.41, 5.74) is -1.57. The van der Waals surface area contributed by atoms with E-state index in [4.69, 9.17) is 10.8 Å². The number of anilines is 2. The number of carboxylic acid groups (broad SMARTS) is 1. The predicted molar refractivity (Wildman–Crippen MR) is 81.8 cm³/mol. The van der Waals surface area contributed by atoms with Gasteiger partial charge >= 0.3 is 18.4 Å². The minimum absolute atomic E-state index is 0.174. The molecule has 0 heterocycles. The van der Waals surface area contributed by atoms with E-state index in [-0.39, 0.29) is 11.4 Å². The number of amides is 1. The van der Waals surface area contributed by atoms with Gasteiger partial charge < -0.3 is 10.8 Å². The molecule has 0 radical (unpaired) electrons. The molecule has 140 valence electrons. The second-order valence-electron chi connectivity index (χ2n) is 5.38. The van der Waals surface area contributed by atoms with Crippen LogP contribution in [0.5, 0.6) is 0 Å². The third-order valence-electron chi connectivity index (χ3n) is 3.74. The van der Waals surface area contributed by atoms with Gasteiger partial charge in [-0.1, -0.05) is 24.3 Å². The summed E-state index contributed by atoms with van der Waals surface area (Å²) in [6, 6.07) is 6.28. The van der Waals surface area contributed by atoms with E-state index in [1.54, 1.807) is 0 Å². The van der Waals surface area contributed by atoms with Crippen LogP contribution in [0.4, 0.5) is 42.5 Å². The molecule has 0 spiro atoms. The van der Waals surface area contributed by atoms with Crippen LogP contribution in [0.15, 0.2) is 48.5 Å². The molecule has 0 fully saturated rings. The van der Waals surface area contributed by atoms with Crippen LogP contribution in [0.25, 0.3) is 0 Å². The maximum absolute atomic E-state index is 13.8. The molecule has 4 nitrogen and oxygen atoms in total. The van der Waals surface area contributed by atoms with Crippen molar-refractivity contribution in [1.29, 1.82) is 0 Å². The van der Waals surface area contributed by atoms with E-state index >= 15 is 0 Å². The van der Waals surface area contributed by atoms with Crippen LogP contribution in [0.1, 0.15) is 11.1 Å². The Bertz CT molecular complexity index is 786. The van der Waals surface area contributed by atoms with Gasteiger partial charge in [0.15, 0.2) is 0 Å². The minimum Gasteiger partial charge on any atom is -0.465 e. The topological polar surface area (TPSA) is 75.3 Å². The van der Waals surface area contributed by atoms with Crippen LogP contribution in [-0.4, -0.2) is 23.6 Å². The largest absolute Gasteiger partial charge is 0.465 e. The lowest BCUT2D eigenvalue weighted by Gasteiger charge is -2.38. The van der Waals surface area contributed by atoms with Crippen LogP contribution in [0.3, 0.4) is 0 Å². The highest BCUT2D eigenvalue weighted by atomic mass is 19.4. The number of benzene rings is 2. The van der Waals surface area contributed by atoms with Gasteiger partial charge in [0.1, 0.15) is 0 Å². The van der Waals surface area contributed by atoms with E-state index < -0.39 is 35.0 Å². The second kappa shape index (κ2) is 6.43. The van der Waals surface area contributed by atoms with Crippen molar-refractivity contribution in [2.24, 2.45) is 0 Å². The average molecular weight is 378 g/mol. The van der Waals surface area contributed by atoms with Gasteiger partial charge in [-0.2, -0.15) is 26.3 Å². The van der Waals surface area contributed by atoms with Crippen molar-refractivity contribution in [1.82, 2.24) is 0 Å². The van der Waals surface area contributed by atoms with Gasteiger partial charge in [-0.15, -0.1) is 0 Å². The molecular formula is C16H12F6N2O2. The normalized spacial score (nSPS) is 12.7. The van der Waals surface area contributed by atoms with Gasteiger partial charge in [-0.3, -0.25) is 5.32 Å². The van der Waals surface area contributed by atoms with Crippen LogP contribution in [0, 0.1) is 0 Å². The molecule has 0 aromatic heterocycles. The van der Waals surface area contributed by atoms with Gasteiger partial charge in [0, 0.05) is 11.4 Å². The summed E-state index contributed by atoms with van der Waals surface area (Å²) in [4.78, 5) is 10.5. The van der Waals surface area contributed by atoms with E-state index in [1.807, 2.05) is 5.32 Å². The van der Waals surface area contributed by atoms with Crippen LogP contribution in [-0.2, 0) is 5.41 Å². The molecule has 2 aromatic rings. The van der Waals surface area contributed by atoms with Crippen molar-refractivity contribution in [2.45, 2.75) is 17.8 Å². The molecule has 0 aliphatic heterocycles. The summed E-state index contributed by atoms with van der Waals surface area (Å²) in [5.74, 6) is 0. The molecule has 1 amide bonds. The Morgan fingerprint density at radius 3 is 1.85 bits per heavy atom. The summed E-state index contributed by atoms with van der Waals surface area (Å²) < 4.78 is 82.9. The lowest BCUT2D eigenvalue weighted by Crippen LogP contribution is -2.54. The second-order valence-corrected chi connectivity index (χ2v) is 5.38. The number of nitrogens with two attached hydrogens (primary N) is 1. The van der Waals surface area contributed by atoms with E-state index in [9.17, 15) is 31.1 Å². The molecule has 0 unspecified atom stereocenters. The zero-order valence-electron chi connectivity index (χ0n) is 12.8. The van der Waals surface area contributed by atoms with Crippen molar-refractivity contribution in [3.63, 3.8) is 0 Å². The van der Waals surface area contributed by atoms with Crippen molar-refractivity contribution in [3.8, 4) is 0 Å². The number of rotatable bonds is 3. The summed E-state index contributed by atoms with van der Waals surface area (Å²) >= 11 is 0. The van der Waals surface area contributed by atoms with Gasteiger partial charge in [0.05, 0.1) is 0 Å². The zero-order valence-corrected chi connectivity index (χ0v) is 12.8. The lowest BCUT2D eigenvalue weighted by molar-refractivity contribution is -0.288. The Morgan fingerprint density at radius 2 is 1.42 bits per heavy atom. The van der Waals surface area contributed by atoms with Gasteiger partial charge in [-0.25, -0.2) is 4.79 Å². The number of hydrogen-bond donors (Lipinski definition) is 3. The van der Waals surface area contributed by atoms with Crippen molar-refractivity contribution in [2.75, 3.05) is 11.1 Å². The molecular weight excluding hydrogens is 366 g/mol. The molecule has 10 heteroatoms. The maximum Gasteiger partial charge on any atom is 0.411 e. The van der Waals surface area contributed by atoms with Gasteiger partial charge in [0.2, 0.25) is 5.41 Å². The zero-order chi connectivity index (χ0) is 19.8. The van der Waals surface area contributed by atoms with Gasteiger partial charge in [-0.05, 0) is 35.4 Å². The van der Waals surface area contributed by atoms with E-state index in [2.05, 4.69) is 0 Å². The van der Waals surface area contributed by atoms with Crippen molar-refractivity contribution >= 4 is 17.5 Å². The molecule has 0 atom stereocenters. The smallest absolute Gasteiger partial charge is 0.411 e. The molecule has 4 N–H and O–H groups in total. The highest BCUT2D eigenvalue weighted by Gasteiger charge is 2.72. The molecule has 2 aromatic carbocycles. The number of hydrogen-bond acceptors (Lipinski definition) is 2. The molecule has 26 heavy (non-hydrogen) atoms. The third-order valence-corrected chi connectivity index (χ3v) is 3.74. The third kappa shape index (κ3) is 3.26. The highest BCUT2D eigenvalue weighted by Crippen LogP contribution is 2.56. The maximum atomic E-state index is 13.8. The van der Waals surface area contributed by atoms with Gasteiger partial charge in [0.25, 0.3) is 0 Å². The number of nitrogen functional groups attached to an aromatic ring is 1. The van der Waals surface area contributed by atoms with Crippen molar-refractivity contribution < 1.29 is 36.2 Å². The fourth-order valence-electron chi connectivity index (χ4n) is 2.68. The quantitative estimate of drug-likeness (QED) is 0.532. The lowest BCUT2D eigenvalue weighted by atomic mass is 9.72. The summed E-state index contributed by atoms with van der Waals surface area (Å²) in [7, 11) is 0. The molecule has 0 aliphatic rings. The average Bonchev–Trinajstić information content (AvgIpc) is 2.46. The Morgan fingerprint density at radius 1 is 0.885 bits per heavy atom. The van der Waals surface area contributed by atoms with Crippen LogP contribution >= 0.6 is 0 Å². The molecule has 0 bridgehead atoms. The van der Waals surface area contributed by atoms with Crippen LogP contribution < -0.4 is 11.1 Å². The Balaban J connectivity index is 2.77. The first-order chi connectivity index (χ1) is 11.9.